The largest absolute Gasteiger partial charge is 0.383 e. The summed E-state index contributed by atoms with van der Waals surface area (Å²) in [6.45, 7) is 1.35. The summed E-state index contributed by atoms with van der Waals surface area (Å²) in [7, 11) is 3.78. The molecule has 1 aromatic carbocycles. The Labute approximate surface area is 148 Å². The van der Waals surface area contributed by atoms with Gasteiger partial charge in [0.05, 0.1) is 18.2 Å². The predicted molar refractivity (Wildman–Crippen MR) is 105 cm³/mol. The minimum absolute atomic E-state index is 0. The SMILES string of the molecule is COCCN=C(C=C1C=Cc2ccccc2N1C)SC.I. The monoisotopic (exact) mass is 416 g/mol. The van der Waals surface area contributed by atoms with Gasteiger partial charge in [0, 0.05) is 25.5 Å². The molecule has 0 radical (unpaired) electrons. The van der Waals surface area contributed by atoms with Gasteiger partial charge in [0.15, 0.2) is 0 Å². The number of benzene rings is 1. The lowest BCUT2D eigenvalue weighted by Crippen LogP contribution is -2.19. The molecule has 0 amide bonds. The molecule has 0 fully saturated rings. The summed E-state index contributed by atoms with van der Waals surface area (Å²) in [5.41, 5.74) is 3.61. The van der Waals surface area contributed by atoms with E-state index in [1.54, 1.807) is 18.9 Å². The summed E-state index contributed by atoms with van der Waals surface area (Å²) in [5.74, 6) is 0. The maximum absolute atomic E-state index is 5.03. The summed E-state index contributed by atoms with van der Waals surface area (Å²) in [6, 6.07) is 8.38. The summed E-state index contributed by atoms with van der Waals surface area (Å²) < 4.78 is 5.03. The second-order valence-corrected chi connectivity index (χ2v) is 5.26. The highest BCUT2D eigenvalue weighted by Gasteiger charge is 2.13. The summed E-state index contributed by atoms with van der Waals surface area (Å²) in [5, 5.41) is 1.02. The number of aliphatic imine (C=N–C) groups is 1. The Bertz CT molecular complexity index is 555. The Morgan fingerprint density at radius 1 is 1.33 bits per heavy atom. The molecule has 0 spiro atoms. The van der Waals surface area contributed by atoms with Crippen molar-refractivity contribution in [2.75, 3.05) is 38.5 Å². The fourth-order valence-corrected chi connectivity index (χ4v) is 2.51. The minimum Gasteiger partial charge on any atom is -0.383 e. The van der Waals surface area contributed by atoms with Crippen molar-refractivity contribution in [3.63, 3.8) is 0 Å². The van der Waals surface area contributed by atoms with Crippen LogP contribution in [-0.2, 0) is 4.74 Å². The number of para-hydroxylation sites is 1. The van der Waals surface area contributed by atoms with E-state index in [9.17, 15) is 0 Å². The van der Waals surface area contributed by atoms with Gasteiger partial charge in [0.1, 0.15) is 0 Å². The first-order valence-corrected chi connectivity index (χ1v) is 7.78. The molecule has 2 rings (SSSR count). The molecule has 0 bridgehead atoms. The van der Waals surface area contributed by atoms with E-state index in [0.717, 1.165) is 10.7 Å². The highest BCUT2D eigenvalue weighted by molar-refractivity contribution is 14.0. The molecule has 0 aromatic heterocycles. The number of allylic oxidation sites excluding steroid dienone is 1. The lowest BCUT2D eigenvalue weighted by atomic mass is 10.1. The van der Waals surface area contributed by atoms with Gasteiger partial charge >= 0.3 is 0 Å². The van der Waals surface area contributed by atoms with Crippen molar-refractivity contribution in [2.24, 2.45) is 4.99 Å². The first kappa shape index (κ1) is 18.3. The van der Waals surface area contributed by atoms with Gasteiger partial charge in [-0.3, -0.25) is 4.99 Å². The van der Waals surface area contributed by atoms with Crippen molar-refractivity contribution < 1.29 is 4.74 Å². The fourth-order valence-electron chi connectivity index (χ4n) is 2.05. The van der Waals surface area contributed by atoms with E-state index in [1.165, 1.54) is 11.3 Å². The van der Waals surface area contributed by atoms with E-state index in [2.05, 4.69) is 59.4 Å². The van der Waals surface area contributed by atoms with Gasteiger partial charge in [-0.25, -0.2) is 0 Å². The third-order valence-corrected chi connectivity index (χ3v) is 3.83. The summed E-state index contributed by atoms with van der Waals surface area (Å²) in [6.07, 6.45) is 8.44. The lowest BCUT2D eigenvalue weighted by molar-refractivity contribution is 0.208. The Morgan fingerprint density at radius 2 is 2.10 bits per heavy atom. The third-order valence-electron chi connectivity index (χ3n) is 3.16. The molecule has 0 atom stereocenters. The quantitative estimate of drug-likeness (QED) is 0.320. The molecule has 1 aliphatic heterocycles. The molecule has 0 N–H and O–H groups in total. The maximum atomic E-state index is 5.03. The molecule has 0 saturated heterocycles. The number of nitrogens with zero attached hydrogens (tertiary/aromatic N) is 2. The zero-order valence-corrected chi connectivity index (χ0v) is 15.7. The van der Waals surface area contributed by atoms with Gasteiger partial charge in [0.25, 0.3) is 0 Å². The normalized spacial score (nSPS) is 15.9. The number of anilines is 1. The van der Waals surface area contributed by atoms with E-state index in [-0.39, 0.29) is 24.0 Å². The average Bonchev–Trinajstić information content (AvgIpc) is 2.49. The van der Waals surface area contributed by atoms with Gasteiger partial charge in [-0.1, -0.05) is 24.3 Å². The van der Waals surface area contributed by atoms with Crippen molar-refractivity contribution in [1.29, 1.82) is 0 Å². The molecule has 0 saturated carbocycles. The molecule has 0 aliphatic carbocycles. The standard InChI is InChI=1S/C16H20N2OS.HI/c1-18-14(12-16(20-3)17-10-11-19-2)9-8-13-6-4-5-7-15(13)18;/h4-9,12H,10-11H2,1-3H3;1H. The molecule has 0 unspecified atom stereocenters. The van der Waals surface area contributed by atoms with Crippen LogP contribution in [0.4, 0.5) is 5.69 Å². The number of hydrogen-bond acceptors (Lipinski definition) is 4. The second-order valence-electron chi connectivity index (χ2n) is 4.44. The predicted octanol–water partition coefficient (Wildman–Crippen LogP) is 4.06. The van der Waals surface area contributed by atoms with Crippen LogP contribution >= 0.6 is 35.7 Å². The number of halogens is 1. The van der Waals surface area contributed by atoms with E-state index >= 15 is 0 Å². The smallest absolute Gasteiger partial charge is 0.0923 e. The highest BCUT2D eigenvalue weighted by Crippen LogP contribution is 2.29. The number of hydrogen-bond donors (Lipinski definition) is 0. The lowest BCUT2D eigenvalue weighted by Gasteiger charge is -2.26. The Morgan fingerprint density at radius 3 is 2.81 bits per heavy atom. The average molecular weight is 416 g/mol. The number of methoxy groups -OCH3 is 1. The minimum atomic E-state index is 0. The Kier molecular flexibility index (Phi) is 8.06. The van der Waals surface area contributed by atoms with Crippen LogP contribution in [0.1, 0.15) is 5.56 Å². The summed E-state index contributed by atoms with van der Waals surface area (Å²) in [4.78, 5) is 6.73. The first-order chi connectivity index (χ1) is 9.76. The molecule has 21 heavy (non-hydrogen) atoms. The van der Waals surface area contributed by atoms with Gasteiger partial charge in [0.2, 0.25) is 0 Å². The summed E-state index contributed by atoms with van der Waals surface area (Å²) >= 11 is 1.65. The zero-order chi connectivity index (χ0) is 14.4. The van der Waals surface area contributed by atoms with Crippen LogP contribution in [0.15, 0.2) is 47.1 Å². The maximum Gasteiger partial charge on any atom is 0.0923 e. The third kappa shape index (κ3) is 4.86. The van der Waals surface area contributed by atoms with Gasteiger partial charge in [-0.05, 0) is 30.0 Å². The highest BCUT2D eigenvalue weighted by atomic mass is 127. The van der Waals surface area contributed by atoms with Gasteiger partial charge in [-0.2, -0.15) is 0 Å². The van der Waals surface area contributed by atoms with Crippen LogP contribution in [0.2, 0.25) is 0 Å². The van der Waals surface area contributed by atoms with Crippen molar-refractivity contribution >= 4 is 52.5 Å². The molecule has 5 heteroatoms. The van der Waals surface area contributed by atoms with Crippen LogP contribution < -0.4 is 4.90 Å². The van der Waals surface area contributed by atoms with Gasteiger partial charge < -0.3 is 9.64 Å². The molecule has 114 valence electrons. The second kappa shape index (κ2) is 9.27. The van der Waals surface area contributed by atoms with Crippen molar-refractivity contribution in [2.45, 2.75) is 0 Å². The van der Waals surface area contributed by atoms with Crippen LogP contribution in [0.3, 0.4) is 0 Å². The van der Waals surface area contributed by atoms with Crippen molar-refractivity contribution in [3.8, 4) is 0 Å². The fraction of sp³-hybridized carbons (Fsp3) is 0.312. The Balaban J connectivity index is 0.00000220. The number of ether oxygens (including phenoxy) is 1. The molecule has 1 aliphatic rings. The molecule has 1 aromatic rings. The molecular weight excluding hydrogens is 395 g/mol. The molecule has 3 nitrogen and oxygen atoms in total. The van der Waals surface area contributed by atoms with E-state index in [4.69, 9.17) is 4.74 Å². The molecule has 1 heterocycles. The number of thioether (sulfide) groups is 1. The van der Waals surface area contributed by atoms with E-state index < -0.39 is 0 Å². The van der Waals surface area contributed by atoms with Gasteiger partial charge in [-0.15, -0.1) is 35.7 Å². The topological polar surface area (TPSA) is 24.8 Å². The van der Waals surface area contributed by atoms with Crippen LogP contribution in [-0.4, -0.2) is 38.6 Å². The molecular formula is C16H21IN2OS. The van der Waals surface area contributed by atoms with Crippen molar-refractivity contribution in [3.05, 3.63) is 47.7 Å². The van der Waals surface area contributed by atoms with Crippen molar-refractivity contribution in [1.82, 2.24) is 0 Å². The number of rotatable bonds is 4. The Hall–Kier alpha value is -0.790. The van der Waals surface area contributed by atoms with E-state index in [0.29, 0.717) is 13.2 Å². The first-order valence-electron chi connectivity index (χ1n) is 6.56. The van der Waals surface area contributed by atoms with Crippen LogP contribution in [0.25, 0.3) is 6.08 Å². The van der Waals surface area contributed by atoms with Crippen LogP contribution in [0, 0.1) is 0 Å². The zero-order valence-electron chi connectivity index (χ0n) is 12.6. The van der Waals surface area contributed by atoms with E-state index in [1.807, 2.05) is 6.26 Å². The number of likely N-dealkylation sites (N-methyl/N-ethyl adjacent to an activating group) is 1. The van der Waals surface area contributed by atoms with Crippen LogP contribution in [0.5, 0.6) is 0 Å². The number of fused-ring (bicyclic) bond motifs is 1.